The van der Waals surface area contributed by atoms with E-state index in [0.717, 1.165) is 0 Å². The molecule has 2 saturated heterocycles. The van der Waals surface area contributed by atoms with E-state index in [1.54, 1.807) is 0 Å². The van der Waals surface area contributed by atoms with Crippen molar-refractivity contribution in [3.05, 3.63) is 0 Å². The highest BCUT2D eigenvalue weighted by Crippen LogP contribution is 2.25. The molecule has 2 nitrogen and oxygen atoms in total. The summed E-state index contributed by atoms with van der Waals surface area (Å²) >= 11 is 0. The molecule has 2 aliphatic rings. The van der Waals surface area contributed by atoms with Gasteiger partial charge in [-0.3, -0.25) is 4.90 Å². The summed E-state index contributed by atoms with van der Waals surface area (Å²) in [5, 5.41) is 3.47. The molecule has 0 radical (unpaired) electrons. The van der Waals surface area contributed by atoms with Crippen LogP contribution in [-0.2, 0) is 0 Å². The minimum atomic E-state index is 0.487. The van der Waals surface area contributed by atoms with Crippen molar-refractivity contribution >= 4 is 0 Å². The summed E-state index contributed by atoms with van der Waals surface area (Å²) in [6.45, 7) is 7.49. The highest BCUT2D eigenvalue weighted by molar-refractivity contribution is 4.94. The van der Waals surface area contributed by atoms with Crippen molar-refractivity contribution < 1.29 is 0 Å². The predicted octanol–water partition coefficient (Wildman–Crippen LogP) is 1.22. The number of nitrogens with one attached hydrogen (secondary N) is 1. The molecule has 70 valence electrons. The first-order chi connectivity index (χ1) is 5.81. The van der Waals surface area contributed by atoms with Gasteiger partial charge in [-0.05, 0) is 45.8 Å². The standard InChI is InChI=1S/C10H20N2/c1-10(5-6-11-9-10)12-7-3-2-4-8-12/h11H,2-9H2,1H3. The van der Waals surface area contributed by atoms with Gasteiger partial charge >= 0.3 is 0 Å². The smallest absolute Gasteiger partial charge is 0.0317 e. The molecule has 0 aromatic heterocycles. The molecule has 1 unspecified atom stereocenters. The van der Waals surface area contributed by atoms with Crippen molar-refractivity contribution in [3.8, 4) is 0 Å². The third-order valence-corrected chi connectivity index (χ3v) is 3.47. The van der Waals surface area contributed by atoms with Crippen LogP contribution in [0.2, 0.25) is 0 Å². The predicted molar refractivity (Wildman–Crippen MR) is 51.3 cm³/mol. The maximum Gasteiger partial charge on any atom is 0.0317 e. The molecule has 0 saturated carbocycles. The first-order valence-electron chi connectivity index (χ1n) is 5.27. The van der Waals surface area contributed by atoms with Gasteiger partial charge in [0.05, 0.1) is 0 Å². The second kappa shape index (κ2) is 3.35. The van der Waals surface area contributed by atoms with Gasteiger partial charge in [0.25, 0.3) is 0 Å². The molecule has 1 N–H and O–H groups in total. The Morgan fingerprint density at radius 1 is 1.17 bits per heavy atom. The Morgan fingerprint density at radius 2 is 1.92 bits per heavy atom. The summed E-state index contributed by atoms with van der Waals surface area (Å²) in [4.78, 5) is 2.69. The maximum absolute atomic E-state index is 3.47. The lowest BCUT2D eigenvalue weighted by atomic mass is 9.96. The minimum Gasteiger partial charge on any atom is -0.315 e. The number of hydrogen-bond donors (Lipinski definition) is 1. The van der Waals surface area contributed by atoms with Crippen LogP contribution < -0.4 is 5.32 Å². The number of hydrogen-bond acceptors (Lipinski definition) is 2. The molecule has 0 bridgehead atoms. The Bertz CT molecular complexity index is 144. The zero-order valence-corrected chi connectivity index (χ0v) is 8.10. The van der Waals surface area contributed by atoms with Crippen LogP contribution in [0.5, 0.6) is 0 Å². The summed E-state index contributed by atoms with van der Waals surface area (Å²) in [6, 6.07) is 0. The zero-order valence-electron chi connectivity index (χ0n) is 8.10. The molecular weight excluding hydrogens is 148 g/mol. The summed E-state index contributed by atoms with van der Waals surface area (Å²) in [5.41, 5.74) is 0.487. The van der Waals surface area contributed by atoms with Crippen molar-refractivity contribution in [2.75, 3.05) is 26.2 Å². The van der Waals surface area contributed by atoms with E-state index in [1.165, 1.54) is 51.9 Å². The molecule has 12 heavy (non-hydrogen) atoms. The molecule has 0 spiro atoms. The van der Waals surface area contributed by atoms with E-state index in [4.69, 9.17) is 0 Å². The number of nitrogens with zero attached hydrogens (tertiary/aromatic N) is 1. The van der Waals surface area contributed by atoms with Crippen LogP contribution >= 0.6 is 0 Å². The molecule has 2 fully saturated rings. The number of likely N-dealkylation sites (tertiary alicyclic amines) is 1. The molecule has 0 amide bonds. The summed E-state index contributed by atoms with van der Waals surface area (Å²) in [6.07, 6.45) is 5.61. The third kappa shape index (κ3) is 1.50. The van der Waals surface area contributed by atoms with Gasteiger partial charge in [-0.1, -0.05) is 6.42 Å². The van der Waals surface area contributed by atoms with Crippen LogP contribution in [0.25, 0.3) is 0 Å². The maximum atomic E-state index is 3.47. The van der Waals surface area contributed by atoms with Gasteiger partial charge in [-0.15, -0.1) is 0 Å². The van der Waals surface area contributed by atoms with Crippen LogP contribution in [-0.4, -0.2) is 36.6 Å². The highest BCUT2D eigenvalue weighted by atomic mass is 15.2. The lowest BCUT2D eigenvalue weighted by molar-refractivity contribution is 0.0964. The first-order valence-corrected chi connectivity index (χ1v) is 5.27. The van der Waals surface area contributed by atoms with Gasteiger partial charge in [-0.25, -0.2) is 0 Å². The Hall–Kier alpha value is -0.0800. The molecule has 2 heterocycles. The van der Waals surface area contributed by atoms with Gasteiger partial charge in [0, 0.05) is 12.1 Å². The Balaban J connectivity index is 1.96. The molecule has 2 rings (SSSR count). The van der Waals surface area contributed by atoms with Gasteiger partial charge in [0.1, 0.15) is 0 Å². The summed E-state index contributed by atoms with van der Waals surface area (Å²) in [7, 11) is 0. The first kappa shape index (κ1) is 8.52. The fourth-order valence-electron chi connectivity index (χ4n) is 2.51. The van der Waals surface area contributed by atoms with Crippen LogP contribution in [0.3, 0.4) is 0 Å². The minimum absolute atomic E-state index is 0.487. The Morgan fingerprint density at radius 3 is 2.50 bits per heavy atom. The van der Waals surface area contributed by atoms with Crippen molar-refractivity contribution in [1.82, 2.24) is 10.2 Å². The van der Waals surface area contributed by atoms with Gasteiger partial charge < -0.3 is 5.32 Å². The van der Waals surface area contributed by atoms with Gasteiger partial charge in [0.2, 0.25) is 0 Å². The van der Waals surface area contributed by atoms with E-state index in [1.807, 2.05) is 0 Å². The van der Waals surface area contributed by atoms with E-state index in [2.05, 4.69) is 17.1 Å². The SMILES string of the molecule is CC1(N2CCCCC2)CCNC1. The van der Waals surface area contributed by atoms with Crippen LogP contribution in [0.4, 0.5) is 0 Å². The largest absolute Gasteiger partial charge is 0.315 e. The van der Waals surface area contributed by atoms with E-state index in [9.17, 15) is 0 Å². The monoisotopic (exact) mass is 168 g/mol. The average molecular weight is 168 g/mol. The van der Waals surface area contributed by atoms with E-state index in [-0.39, 0.29) is 0 Å². The van der Waals surface area contributed by atoms with Gasteiger partial charge in [0.15, 0.2) is 0 Å². The Kier molecular flexibility index (Phi) is 2.37. The van der Waals surface area contributed by atoms with E-state index < -0.39 is 0 Å². The second-order valence-electron chi connectivity index (χ2n) is 4.47. The quantitative estimate of drug-likeness (QED) is 0.633. The third-order valence-electron chi connectivity index (χ3n) is 3.47. The fraction of sp³-hybridized carbons (Fsp3) is 1.00. The van der Waals surface area contributed by atoms with Crippen molar-refractivity contribution in [3.63, 3.8) is 0 Å². The van der Waals surface area contributed by atoms with Crippen LogP contribution in [0.15, 0.2) is 0 Å². The highest BCUT2D eigenvalue weighted by Gasteiger charge is 2.34. The Labute approximate surface area is 75.3 Å². The van der Waals surface area contributed by atoms with Gasteiger partial charge in [-0.2, -0.15) is 0 Å². The van der Waals surface area contributed by atoms with Crippen LogP contribution in [0, 0.1) is 0 Å². The van der Waals surface area contributed by atoms with Crippen LogP contribution in [0.1, 0.15) is 32.6 Å². The molecule has 0 aromatic carbocycles. The molecule has 1 atom stereocenters. The topological polar surface area (TPSA) is 15.3 Å². The lowest BCUT2D eigenvalue weighted by Gasteiger charge is -2.40. The molecular formula is C10H20N2. The summed E-state index contributed by atoms with van der Waals surface area (Å²) in [5.74, 6) is 0. The molecule has 0 aromatic rings. The zero-order chi connectivity index (χ0) is 8.44. The molecule has 2 aliphatic heterocycles. The lowest BCUT2D eigenvalue weighted by Crippen LogP contribution is -2.50. The normalized spacial score (nSPS) is 38.8. The second-order valence-corrected chi connectivity index (χ2v) is 4.47. The summed E-state index contributed by atoms with van der Waals surface area (Å²) < 4.78 is 0. The number of piperidine rings is 1. The van der Waals surface area contributed by atoms with Crippen molar-refractivity contribution in [2.45, 2.75) is 38.1 Å². The molecule has 0 aliphatic carbocycles. The molecule has 2 heteroatoms. The van der Waals surface area contributed by atoms with E-state index >= 15 is 0 Å². The van der Waals surface area contributed by atoms with E-state index in [0.29, 0.717) is 5.54 Å². The van der Waals surface area contributed by atoms with Crippen molar-refractivity contribution in [2.24, 2.45) is 0 Å². The average Bonchev–Trinajstić information content (AvgIpc) is 2.55. The fourth-order valence-corrected chi connectivity index (χ4v) is 2.51. The number of rotatable bonds is 1. The van der Waals surface area contributed by atoms with Crippen molar-refractivity contribution in [1.29, 1.82) is 0 Å².